The van der Waals surface area contributed by atoms with Crippen LogP contribution in [0.3, 0.4) is 0 Å². The first-order valence-corrected chi connectivity index (χ1v) is 52.3. The lowest BCUT2D eigenvalue weighted by Gasteiger charge is -2.48. The van der Waals surface area contributed by atoms with E-state index in [0.717, 1.165) is 99.7 Å². The van der Waals surface area contributed by atoms with Gasteiger partial charge in [-0.05, 0) is 89.9 Å². The number of aromatic amines is 5. The minimum Gasteiger partial charge on any atom is -0.346 e. The maximum absolute atomic E-state index is 12.4. The van der Waals surface area contributed by atoms with Crippen molar-refractivity contribution in [2.45, 2.75) is 120 Å². The third kappa shape index (κ3) is 17.9. The highest BCUT2D eigenvalue weighted by molar-refractivity contribution is 7.90. The van der Waals surface area contributed by atoms with E-state index in [1.54, 1.807) is 139 Å². The van der Waals surface area contributed by atoms with E-state index in [1.807, 2.05) is 56.4 Å². The zero-order valence-corrected chi connectivity index (χ0v) is 81.4. The Hall–Kier alpha value is -14.8. The second-order valence-corrected chi connectivity index (χ2v) is 46.5. The fourth-order valence-electron chi connectivity index (χ4n) is 18.0. The summed E-state index contributed by atoms with van der Waals surface area (Å²) in [5.74, 6) is 0.197. The van der Waals surface area contributed by atoms with Gasteiger partial charge in [-0.2, -0.15) is 73.3 Å². The number of sulfonamides is 5. The Bertz CT molecular complexity index is 8120. The summed E-state index contributed by atoms with van der Waals surface area (Å²) in [6.45, 7) is 36.4. The van der Waals surface area contributed by atoms with Crippen molar-refractivity contribution in [3.8, 4) is 86.1 Å². The minimum atomic E-state index is -3.38. The number of aromatic nitrogens is 21. The quantitative estimate of drug-likeness (QED) is 0.0314. The largest absolute Gasteiger partial charge is 0.346 e. The van der Waals surface area contributed by atoms with Gasteiger partial charge in [0.25, 0.3) is 0 Å². The number of pyridine rings is 4. The number of H-pyrrole nitrogens is 5. The summed E-state index contributed by atoms with van der Waals surface area (Å²) in [6, 6.07) is 22.1. The van der Waals surface area contributed by atoms with E-state index < -0.39 is 83.1 Å². The molecule has 0 unspecified atom stereocenters. The maximum atomic E-state index is 12.4. The number of hydrogen-bond acceptors (Lipinski definition) is 26. The van der Waals surface area contributed by atoms with Crippen LogP contribution in [0.5, 0.6) is 0 Å². The second-order valence-electron chi connectivity index (χ2n) is 34.8. The molecular weight excluding hydrogens is 1910 g/mol. The SMILES string of the molecule is CCS(=O)(=O)N1CC(CC#N)(n2cc(-c3ccnc4[nH]ccc34)c(Cl)n2)C1.CCS(=O)(=O)N1CC(CC#N)(n2cc(-c3ncnc4[nH]ccc34)c(C)n2)C1.[C-]#[N+]c1cnc2[nH]ccc2c1-c1cnn(C2(CC#N)CN(S(=O)(=O)C(C)C)C2)c1.[C-]#[N+]c1cnc2[nH]ccc2c1-c1cnn(C2(CC#N)CN(S(=O)(=O)CC)C2)c1.[C-]#[N+]c1cnc2[nH]ccc2c1-c1cnn(C2(CC#N)CN(S(=O)(=O)CCC)C2)c1. The molecule has 0 amide bonds. The van der Waals surface area contributed by atoms with Gasteiger partial charge in [0.05, 0.1) is 140 Å². The molecule has 0 aromatic carbocycles. The van der Waals surface area contributed by atoms with Crippen LogP contribution in [-0.4, -0.2) is 261 Å². The molecule has 15 aromatic rings. The second kappa shape index (κ2) is 38.5. The number of fused-ring (bicyclic) bond motifs is 5. The first-order valence-electron chi connectivity index (χ1n) is 44.0. The summed E-state index contributed by atoms with van der Waals surface area (Å²) in [5, 5.41) is 72.9. The minimum absolute atomic E-state index is 0.0246. The van der Waals surface area contributed by atoms with Gasteiger partial charge in [-0.25, -0.2) is 71.6 Å². The number of nitriles is 5. The summed E-state index contributed by atoms with van der Waals surface area (Å²) in [4.78, 5) is 51.6. The van der Waals surface area contributed by atoms with Crippen molar-refractivity contribution in [2.75, 3.05) is 88.5 Å². The van der Waals surface area contributed by atoms with Crippen molar-refractivity contribution < 1.29 is 42.1 Å². The Labute approximate surface area is 809 Å². The monoisotopic (exact) mass is 2000 g/mol. The third-order valence-corrected chi connectivity index (χ3v) is 35.6. The molecule has 0 atom stereocenters. The van der Waals surface area contributed by atoms with Gasteiger partial charge in [0, 0.05) is 224 Å². The molecule has 140 heavy (non-hydrogen) atoms. The van der Waals surface area contributed by atoms with E-state index in [4.69, 9.17) is 31.3 Å². The van der Waals surface area contributed by atoms with Crippen LogP contribution in [0.25, 0.3) is 125 Å². The Balaban J connectivity index is 0.000000126. The lowest BCUT2D eigenvalue weighted by atomic mass is 9.89. The molecule has 20 heterocycles. The van der Waals surface area contributed by atoms with E-state index in [9.17, 15) is 68.4 Å². The van der Waals surface area contributed by atoms with Gasteiger partial charge in [-0.3, -0.25) is 38.4 Å². The van der Waals surface area contributed by atoms with Crippen molar-refractivity contribution in [1.29, 1.82) is 26.3 Å². The van der Waals surface area contributed by atoms with Crippen LogP contribution in [0.1, 0.15) is 85.8 Å². The van der Waals surface area contributed by atoms with Gasteiger partial charge in [0.15, 0.2) is 5.15 Å². The Kier molecular flexibility index (Phi) is 27.0. The maximum Gasteiger partial charge on any atom is 0.216 e. The number of nitrogens with one attached hydrogen (secondary N) is 5. The molecule has 0 saturated carbocycles. The molecule has 0 bridgehead atoms. The Morgan fingerprint density at radius 2 is 0.729 bits per heavy atom. The zero-order chi connectivity index (χ0) is 99.9. The summed E-state index contributed by atoms with van der Waals surface area (Å²) >= 11 is 6.41. The highest BCUT2D eigenvalue weighted by Crippen LogP contribution is 2.47. The van der Waals surface area contributed by atoms with Gasteiger partial charge in [0.1, 0.15) is 62.3 Å². The fourth-order valence-corrected chi connectivity index (χ4v) is 25.0. The Morgan fingerprint density at radius 1 is 0.400 bits per heavy atom. The van der Waals surface area contributed by atoms with Crippen molar-refractivity contribution in [1.82, 2.24) is 125 Å². The van der Waals surface area contributed by atoms with Crippen LogP contribution in [0, 0.1) is 83.3 Å². The van der Waals surface area contributed by atoms with Crippen molar-refractivity contribution in [3.63, 3.8) is 0 Å². The molecule has 0 spiro atoms. The molecule has 5 aliphatic heterocycles. The van der Waals surface area contributed by atoms with Gasteiger partial charge in [-0.15, -0.1) is 0 Å². The highest BCUT2D eigenvalue weighted by atomic mass is 35.5. The molecule has 50 heteroatoms. The topological polar surface area (TPSA) is 564 Å². The van der Waals surface area contributed by atoms with Crippen LogP contribution >= 0.6 is 11.6 Å². The summed E-state index contributed by atoms with van der Waals surface area (Å²) in [5.41, 5.74) is 9.58. The molecular formula is C90H91ClN34O10S5. The predicted molar refractivity (Wildman–Crippen MR) is 518 cm³/mol. The number of halogens is 1. The predicted octanol–water partition coefficient (Wildman–Crippen LogP) is 11.3. The molecule has 5 fully saturated rings. The van der Waals surface area contributed by atoms with Crippen LogP contribution in [0.15, 0.2) is 148 Å². The third-order valence-electron chi connectivity index (χ3n) is 25.9. The number of aryl methyl sites for hydroxylation is 1. The number of hydrogen-bond donors (Lipinski definition) is 5. The molecule has 0 aliphatic carbocycles. The van der Waals surface area contributed by atoms with E-state index in [2.05, 4.69) is 125 Å². The molecule has 44 nitrogen and oxygen atoms in total. The average molecular weight is 2000 g/mol. The smallest absolute Gasteiger partial charge is 0.216 e. The van der Waals surface area contributed by atoms with Crippen molar-refractivity contribution in [3.05, 3.63) is 193 Å². The summed E-state index contributed by atoms with van der Waals surface area (Å²) in [6.07, 6.45) is 31.9. The first kappa shape index (κ1) is 98.2. The molecule has 5 aliphatic rings. The molecule has 5 saturated heterocycles. The average Bonchev–Trinajstić information content (AvgIpc) is 1.41. The normalized spacial score (nSPS) is 16.6. The standard InChI is InChI=1S/2C19H19N7O2S.C18H17N7O2S.C17H17ClN6O2S.C17H19N7O2S/c1-13(2)29(27,28)25-11-19(12-25,5-6-20)26-10-14(8-24-26)17-15-4-7-22-18(15)23-9-16(17)21-3;1-3-8-29(27,28)25-12-19(13-25,5-6-20)26-11-14(9-24-26)17-15-4-7-22-18(15)23-10-16(17)21-2;1-3-28(26,27)24-11-18(12-24,5-6-19)25-10-13(8-23-25)16-14-4-7-21-17(14)22-9-15(16)20-2;1-2-27(25,26)23-10-17(11-23,5-6-19)24-9-14(15(18)22-24)12-3-7-20-16-13(12)4-8-21-16;1-3-27(25,26)23-9-17(10-23,5-6-18)24-8-14(12(2)22-24)15-13-4-7-19-16(13)21-11-20-15/h4,7-10,13H,5,11-12H2,1-2H3,(H,22,23);4,7,9-11H,3,5,8,12-13H2,1H3,(H,22,23);4,7-10H,3,5,11-12H2,1H3,(H,21,22);3-4,7-9H,2,5,10-11H2,1H3,(H,20,21);4,7-8,11H,3,5,9-10H2,1-2H3,(H,19,20,21). The Morgan fingerprint density at radius 3 is 1.09 bits per heavy atom. The van der Waals surface area contributed by atoms with Gasteiger partial charge < -0.3 is 24.9 Å². The number of rotatable bonds is 26. The highest BCUT2D eigenvalue weighted by Gasteiger charge is 2.55. The van der Waals surface area contributed by atoms with Crippen LogP contribution in [-0.2, 0) is 77.8 Å². The number of nitrogens with zero attached hydrogens (tertiary/aromatic N) is 29. The lowest BCUT2D eigenvalue weighted by molar-refractivity contribution is 0.0711. The van der Waals surface area contributed by atoms with Crippen LogP contribution < -0.4 is 0 Å². The molecule has 0 radical (unpaired) electrons. The van der Waals surface area contributed by atoms with Gasteiger partial charge in [0.2, 0.25) is 67.2 Å². The van der Waals surface area contributed by atoms with E-state index in [1.165, 1.54) is 46.4 Å². The zero-order valence-electron chi connectivity index (χ0n) is 76.5. The van der Waals surface area contributed by atoms with Gasteiger partial charge in [-0.1, -0.05) is 18.5 Å². The lowest BCUT2D eigenvalue weighted by Crippen LogP contribution is -2.65. The van der Waals surface area contributed by atoms with E-state index >= 15 is 0 Å². The molecule has 5 N–H and O–H groups in total. The summed E-state index contributed by atoms with van der Waals surface area (Å²) < 4.78 is 138. The van der Waals surface area contributed by atoms with Crippen LogP contribution in [0.4, 0.5) is 17.1 Å². The summed E-state index contributed by atoms with van der Waals surface area (Å²) in [7, 11) is -16.6. The van der Waals surface area contributed by atoms with Crippen molar-refractivity contribution >= 4 is 134 Å². The van der Waals surface area contributed by atoms with E-state index in [-0.39, 0.29) is 121 Å². The molecule has 15 aromatic heterocycles. The fraction of sp³-hybridized carbons (Fsp3) is 0.367. The van der Waals surface area contributed by atoms with Crippen LogP contribution in [0.2, 0.25) is 5.15 Å². The van der Waals surface area contributed by atoms with Gasteiger partial charge >= 0.3 is 0 Å². The first-order chi connectivity index (χ1) is 67.0. The van der Waals surface area contributed by atoms with Crippen molar-refractivity contribution in [2.24, 2.45) is 0 Å². The molecule has 20 rings (SSSR count). The van der Waals surface area contributed by atoms with E-state index in [0.29, 0.717) is 45.6 Å². The molecule has 718 valence electrons.